The number of amides is 1. The Morgan fingerprint density at radius 2 is 2.25 bits per heavy atom. The molecule has 3 atom stereocenters. The van der Waals surface area contributed by atoms with Crippen molar-refractivity contribution < 1.29 is 14.6 Å². The second-order valence-corrected chi connectivity index (χ2v) is 7.00. The molecule has 1 aromatic rings. The van der Waals surface area contributed by atoms with Crippen molar-refractivity contribution in [3.05, 3.63) is 29.3 Å². The highest BCUT2D eigenvalue weighted by Crippen LogP contribution is 2.40. The minimum Gasteiger partial charge on any atom is -0.485 e. The molecule has 1 saturated heterocycles. The second kappa shape index (κ2) is 6.42. The van der Waals surface area contributed by atoms with Gasteiger partial charge in [-0.3, -0.25) is 4.79 Å². The van der Waals surface area contributed by atoms with Gasteiger partial charge in [-0.2, -0.15) is 5.26 Å². The normalized spacial score (nSPS) is 28.2. The SMILES string of the molecule is CC1(C)Oc2ccc(C#N)cc2[C@@H](NC(=O)C2CCCCN2)[C@@H]1O. The average molecular weight is 329 g/mol. The van der Waals surface area contributed by atoms with Crippen molar-refractivity contribution in [3.8, 4) is 11.8 Å². The summed E-state index contributed by atoms with van der Waals surface area (Å²) in [5.41, 5.74) is 0.281. The highest BCUT2D eigenvalue weighted by atomic mass is 16.5. The van der Waals surface area contributed by atoms with Crippen LogP contribution in [0.3, 0.4) is 0 Å². The molecule has 3 N–H and O–H groups in total. The standard InChI is InChI=1S/C18H23N3O3/c1-18(2)16(22)15(21-17(23)13-5-3-4-8-20-13)12-9-11(10-19)6-7-14(12)24-18/h6-7,9,13,15-16,20,22H,3-5,8H2,1-2H3,(H,21,23)/t13?,15-,16+/m1/s1. The molecule has 2 aliphatic rings. The number of piperidine rings is 1. The van der Waals surface area contributed by atoms with Gasteiger partial charge in [0.25, 0.3) is 0 Å². The van der Waals surface area contributed by atoms with Gasteiger partial charge in [0.05, 0.1) is 23.7 Å². The summed E-state index contributed by atoms with van der Waals surface area (Å²) >= 11 is 0. The van der Waals surface area contributed by atoms with E-state index < -0.39 is 17.7 Å². The Balaban J connectivity index is 1.90. The summed E-state index contributed by atoms with van der Waals surface area (Å²) in [4.78, 5) is 12.6. The summed E-state index contributed by atoms with van der Waals surface area (Å²) in [5, 5.41) is 26.0. The predicted octanol–water partition coefficient (Wildman–Crippen LogP) is 1.39. The first kappa shape index (κ1) is 16.7. The smallest absolute Gasteiger partial charge is 0.237 e. The van der Waals surface area contributed by atoms with Gasteiger partial charge in [0.1, 0.15) is 17.5 Å². The number of nitriles is 1. The van der Waals surface area contributed by atoms with Crippen LogP contribution in [0.5, 0.6) is 5.75 Å². The topological polar surface area (TPSA) is 94.4 Å². The van der Waals surface area contributed by atoms with E-state index in [-0.39, 0.29) is 11.9 Å². The zero-order valence-corrected chi connectivity index (χ0v) is 14.0. The lowest BCUT2D eigenvalue weighted by Gasteiger charge is -2.42. The number of rotatable bonds is 2. The number of carbonyl (C=O) groups excluding carboxylic acids is 1. The molecule has 0 bridgehead atoms. The third-order valence-corrected chi connectivity index (χ3v) is 4.80. The molecular formula is C18H23N3O3. The Kier molecular flexibility index (Phi) is 4.48. The van der Waals surface area contributed by atoms with Gasteiger partial charge >= 0.3 is 0 Å². The molecule has 0 aromatic heterocycles. The molecule has 24 heavy (non-hydrogen) atoms. The van der Waals surface area contributed by atoms with E-state index in [1.165, 1.54) is 0 Å². The molecule has 1 fully saturated rings. The van der Waals surface area contributed by atoms with Crippen LogP contribution in [-0.4, -0.2) is 35.3 Å². The number of nitrogens with one attached hydrogen (secondary N) is 2. The van der Waals surface area contributed by atoms with E-state index in [2.05, 4.69) is 16.7 Å². The molecule has 2 aliphatic heterocycles. The number of benzene rings is 1. The minimum absolute atomic E-state index is 0.121. The van der Waals surface area contributed by atoms with Crippen LogP contribution in [0, 0.1) is 11.3 Å². The number of aliphatic hydroxyl groups excluding tert-OH is 1. The van der Waals surface area contributed by atoms with Gasteiger partial charge in [-0.05, 0) is 51.4 Å². The quantitative estimate of drug-likeness (QED) is 0.762. The Morgan fingerprint density at radius 3 is 2.92 bits per heavy atom. The fourth-order valence-electron chi connectivity index (χ4n) is 3.36. The number of carbonyl (C=O) groups is 1. The van der Waals surface area contributed by atoms with Crippen LogP contribution in [0.25, 0.3) is 0 Å². The van der Waals surface area contributed by atoms with Gasteiger partial charge in [-0.1, -0.05) is 6.42 Å². The van der Waals surface area contributed by atoms with Crippen LogP contribution >= 0.6 is 0 Å². The van der Waals surface area contributed by atoms with Crippen LogP contribution in [0.1, 0.15) is 50.3 Å². The number of fused-ring (bicyclic) bond motifs is 1. The zero-order chi connectivity index (χ0) is 17.3. The summed E-state index contributed by atoms with van der Waals surface area (Å²) in [5.74, 6) is 0.468. The molecule has 0 saturated carbocycles. The maximum Gasteiger partial charge on any atom is 0.237 e. The van der Waals surface area contributed by atoms with Crippen molar-refractivity contribution in [3.63, 3.8) is 0 Å². The summed E-state index contributed by atoms with van der Waals surface area (Å²) in [6.45, 7) is 4.41. The number of ether oxygens (including phenoxy) is 1. The van der Waals surface area contributed by atoms with Gasteiger partial charge in [0.15, 0.2) is 0 Å². The molecule has 128 valence electrons. The number of aliphatic hydroxyl groups is 1. The largest absolute Gasteiger partial charge is 0.485 e. The number of nitrogens with zero attached hydrogens (tertiary/aromatic N) is 1. The summed E-state index contributed by atoms with van der Waals surface area (Å²) in [7, 11) is 0. The van der Waals surface area contributed by atoms with Crippen molar-refractivity contribution in [2.75, 3.05) is 6.54 Å². The van der Waals surface area contributed by atoms with Gasteiger partial charge in [-0.25, -0.2) is 0 Å². The van der Waals surface area contributed by atoms with Crippen molar-refractivity contribution in [2.24, 2.45) is 0 Å². The Morgan fingerprint density at radius 1 is 1.46 bits per heavy atom. The van der Waals surface area contributed by atoms with E-state index in [1.807, 2.05) is 0 Å². The van der Waals surface area contributed by atoms with Crippen molar-refractivity contribution in [1.82, 2.24) is 10.6 Å². The first-order valence-corrected chi connectivity index (χ1v) is 8.37. The minimum atomic E-state index is -0.911. The van der Waals surface area contributed by atoms with Crippen molar-refractivity contribution >= 4 is 5.91 Å². The fraction of sp³-hybridized carbons (Fsp3) is 0.556. The first-order valence-electron chi connectivity index (χ1n) is 8.37. The molecule has 0 spiro atoms. The summed E-state index contributed by atoms with van der Waals surface area (Å²) < 4.78 is 5.86. The zero-order valence-electron chi connectivity index (χ0n) is 14.0. The van der Waals surface area contributed by atoms with E-state index in [1.54, 1.807) is 32.0 Å². The van der Waals surface area contributed by atoms with Gasteiger partial charge < -0.3 is 20.5 Å². The van der Waals surface area contributed by atoms with Crippen LogP contribution in [-0.2, 0) is 4.79 Å². The molecule has 6 nitrogen and oxygen atoms in total. The maximum atomic E-state index is 12.6. The van der Waals surface area contributed by atoms with Crippen LogP contribution in [0.4, 0.5) is 0 Å². The highest BCUT2D eigenvalue weighted by molar-refractivity contribution is 5.82. The summed E-state index contributed by atoms with van der Waals surface area (Å²) in [6, 6.07) is 6.32. The fourth-order valence-corrected chi connectivity index (χ4v) is 3.36. The van der Waals surface area contributed by atoms with Crippen LogP contribution < -0.4 is 15.4 Å². The van der Waals surface area contributed by atoms with E-state index in [4.69, 9.17) is 10.00 Å². The van der Waals surface area contributed by atoms with Crippen molar-refractivity contribution in [1.29, 1.82) is 5.26 Å². The molecule has 3 rings (SSSR count). The number of hydrogen-bond donors (Lipinski definition) is 3. The lowest BCUT2D eigenvalue weighted by Crippen LogP contribution is -2.56. The van der Waals surface area contributed by atoms with Crippen molar-refractivity contribution in [2.45, 2.75) is 56.9 Å². The Bertz CT molecular complexity index is 675. The third kappa shape index (κ3) is 3.10. The molecule has 1 amide bonds. The monoisotopic (exact) mass is 329 g/mol. The molecule has 0 aliphatic carbocycles. The third-order valence-electron chi connectivity index (χ3n) is 4.80. The van der Waals surface area contributed by atoms with E-state index in [0.717, 1.165) is 25.8 Å². The van der Waals surface area contributed by atoms with Gasteiger partial charge in [0, 0.05) is 5.56 Å². The van der Waals surface area contributed by atoms with E-state index in [9.17, 15) is 9.90 Å². The number of hydrogen-bond acceptors (Lipinski definition) is 5. The van der Waals surface area contributed by atoms with Crippen LogP contribution in [0.2, 0.25) is 0 Å². The molecule has 6 heteroatoms. The average Bonchev–Trinajstić information content (AvgIpc) is 2.59. The Labute approximate surface area is 141 Å². The summed E-state index contributed by atoms with van der Waals surface area (Å²) in [6.07, 6.45) is 1.97. The predicted molar refractivity (Wildman–Crippen MR) is 88.4 cm³/mol. The highest BCUT2D eigenvalue weighted by Gasteiger charge is 2.44. The lowest BCUT2D eigenvalue weighted by atomic mass is 9.85. The van der Waals surface area contributed by atoms with Crippen LogP contribution in [0.15, 0.2) is 18.2 Å². The van der Waals surface area contributed by atoms with E-state index >= 15 is 0 Å². The maximum absolute atomic E-state index is 12.6. The first-order chi connectivity index (χ1) is 11.4. The molecule has 2 heterocycles. The van der Waals surface area contributed by atoms with E-state index in [0.29, 0.717) is 16.9 Å². The Hall–Kier alpha value is -2.10. The molecule has 1 aromatic carbocycles. The molecule has 0 radical (unpaired) electrons. The van der Waals surface area contributed by atoms with Gasteiger partial charge in [-0.15, -0.1) is 0 Å². The van der Waals surface area contributed by atoms with Gasteiger partial charge in [0.2, 0.25) is 5.91 Å². The second-order valence-electron chi connectivity index (χ2n) is 7.00. The lowest BCUT2D eigenvalue weighted by molar-refractivity contribution is -0.128. The molecule has 1 unspecified atom stereocenters. The molecular weight excluding hydrogens is 306 g/mol.